The van der Waals surface area contributed by atoms with Crippen LogP contribution in [0.1, 0.15) is 33.5 Å². The second-order valence-electron chi connectivity index (χ2n) is 9.50. The molecule has 0 aliphatic heterocycles. The minimum Gasteiger partial charge on any atom is -0.507 e. The zero-order valence-corrected chi connectivity index (χ0v) is 19.1. The highest BCUT2D eigenvalue weighted by Gasteiger charge is 2.69. The Kier molecular flexibility index (Phi) is 5.44. The van der Waals surface area contributed by atoms with Crippen molar-refractivity contribution < 1.29 is 39.3 Å². The number of amides is 1. The molecule has 0 radical (unpaired) electrons. The first-order valence-corrected chi connectivity index (χ1v) is 11.4. The van der Waals surface area contributed by atoms with E-state index < -0.39 is 76.6 Å². The molecule has 37 heavy (non-hydrogen) atoms. The zero-order chi connectivity index (χ0) is 26.8. The number of aromatic hydroxyl groups is 1. The number of hydrogen-bond donors (Lipinski definition) is 4. The summed E-state index contributed by atoms with van der Waals surface area (Å²) < 4.78 is 0. The number of rotatable bonds is 2. The van der Waals surface area contributed by atoms with E-state index in [0.29, 0.717) is 11.1 Å². The number of Topliss-reactive ketones (excluding diaryl/α,β-unsaturated/α-hetero) is 4. The van der Waals surface area contributed by atoms with Gasteiger partial charge in [0.05, 0.1) is 29.2 Å². The summed E-state index contributed by atoms with van der Waals surface area (Å²) in [6.45, 7) is 0. The number of benzene rings is 2. The van der Waals surface area contributed by atoms with Crippen molar-refractivity contribution >= 4 is 40.7 Å². The number of phenols is 1. The second kappa shape index (κ2) is 8.30. The summed E-state index contributed by atoms with van der Waals surface area (Å²) in [5.41, 5.74) is 3.39. The lowest BCUT2D eigenvalue weighted by atomic mass is 9.51. The van der Waals surface area contributed by atoms with Crippen molar-refractivity contribution in [1.82, 2.24) is 0 Å². The number of aliphatic hydroxyl groups excluding tert-OH is 1. The number of carbonyl (C=O) groups is 5. The summed E-state index contributed by atoms with van der Waals surface area (Å²) in [7, 11) is 0. The van der Waals surface area contributed by atoms with Gasteiger partial charge in [-0.3, -0.25) is 24.0 Å². The Labute approximate surface area is 209 Å². The van der Waals surface area contributed by atoms with E-state index in [-0.39, 0.29) is 16.7 Å². The summed E-state index contributed by atoms with van der Waals surface area (Å²) in [6.07, 6.45) is -0.834. The summed E-state index contributed by atoms with van der Waals surface area (Å²) in [6, 6.07) is 12.5. The van der Waals surface area contributed by atoms with Gasteiger partial charge in [-0.15, -0.1) is 0 Å². The number of aliphatic hydroxyl groups is 2. The summed E-state index contributed by atoms with van der Waals surface area (Å²) in [5.74, 6) is -13.1. The number of phenolic OH excluding ortho intramolecular Hbond substituents is 1. The van der Waals surface area contributed by atoms with Crippen LogP contribution in [0.25, 0.3) is 11.6 Å². The van der Waals surface area contributed by atoms with Crippen molar-refractivity contribution in [1.29, 1.82) is 5.26 Å². The van der Waals surface area contributed by atoms with Gasteiger partial charge in [-0.25, -0.2) is 0 Å². The van der Waals surface area contributed by atoms with Crippen molar-refractivity contribution in [3.8, 4) is 11.8 Å². The lowest BCUT2D eigenvalue weighted by molar-refractivity contribution is -0.185. The van der Waals surface area contributed by atoms with E-state index in [1.165, 1.54) is 18.2 Å². The first kappa shape index (κ1) is 24.2. The van der Waals surface area contributed by atoms with E-state index in [1.54, 1.807) is 30.3 Å². The molecule has 5 N–H and O–H groups in total. The SMILES string of the molecule is N#Cc1ccc(C=C2c3cccc(O)c3C(=O)C3C(=O)[C@]4(O)C(=O)C(C(N)=O)C(=O)C[C@@H]4[C@@H](O)[C@H]23)cc1. The number of nitrogens with zero attached hydrogens (tertiary/aromatic N) is 1. The fourth-order valence-electron chi connectivity index (χ4n) is 5.87. The molecule has 2 aromatic carbocycles. The van der Waals surface area contributed by atoms with Gasteiger partial charge in [0.15, 0.2) is 34.7 Å². The molecule has 0 aromatic heterocycles. The number of ketones is 4. The monoisotopic (exact) mass is 500 g/mol. The number of nitriles is 1. The van der Waals surface area contributed by atoms with Crippen LogP contribution in [0, 0.1) is 35.0 Å². The number of carbonyl (C=O) groups excluding carboxylic acids is 5. The quantitative estimate of drug-likeness (QED) is 0.415. The molecule has 0 spiro atoms. The molecule has 5 rings (SSSR count). The number of primary amides is 1. The van der Waals surface area contributed by atoms with Gasteiger partial charge >= 0.3 is 0 Å². The average Bonchev–Trinajstić information content (AvgIpc) is 2.86. The highest BCUT2D eigenvalue weighted by Crippen LogP contribution is 2.54. The lowest BCUT2D eigenvalue weighted by Crippen LogP contribution is -2.72. The molecule has 3 aliphatic carbocycles. The minimum atomic E-state index is -2.99. The Balaban J connectivity index is 1.74. The first-order valence-electron chi connectivity index (χ1n) is 11.4. The van der Waals surface area contributed by atoms with Crippen LogP contribution in [-0.4, -0.2) is 56.1 Å². The van der Waals surface area contributed by atoms with Crippen molar-refractivity contribution in [2.75, 3.05) is 0 Å². The number of hydrogen-bond acceptors (Lipinski definition) is 9. The van der Waals surface area contributed by atoms with Gasteiger partial charge < -0.3 is 21.1 Å². The first-order chi connectivity index (χ1) is 17.5. The highest BCUT2D eigenvalue weighted by atomic mass is 16.3. The highest BCUT2D eigenvalue weighted by molar-refractivity contribution is 6.32. The molecule has 2 aromatic rings. The number of nitrogens with two attached hydrogens (primary N) is 1. The lowest BCUT2D eigenvalue weighted by Gasteiger charge is -2.51. The van der Waals surface area contributed by atoms with Crippen LogP contribution < -0.4 is 5.73 Å². The molecule has 6 atom stereocenters. The fraction of sp³-hybridized carbons (Fsp3) is 0.259. The topological polar surface area (TPSA) is 196 Å². The van der Waals surface area contributed by atoms with E-state index in [4.69, 9.17) is 11.0 Å². The molecule has 3 aliphatic rings. The largest absolute Gasteiger partial charge is 0.507 e. The van der Waals surface area contributed by atoms with Crippen LogP contribution >= 0.6 is 0 Å². The zero-order valence-electron chi connectivity index (χ0n) is 19.1. The van der Waals surface area contributed by atoms with Crippen LogP contribution in [0.4, 0.5) is 0 Å². The predicted molar refractivity (Wildman–Crippen MR) is 125 cm³/mol. The van der Waals surface area contributed by atoms with Gasteiger partial charge in [0.2, 0.25) is 5.91 Å². The Morgan fingerprint density at radius 1 is 1.08 bits per heavy atom. The Bertz CT molecular complexity index is 1480. The van der Waals surface area contributed by atoms with Crippen LogP contribution in [-0.2, 0) is 19.2 Å². The molecule has 10 nitrogen and oxygen atoms in total. The summed E-state index contributed by atoms with van der Waals surface area (Å²) in [5, 5.41) is 42.4. The van der Waals surface area contributed by atoms with E-state index in [9.17, 15) is 39.3 Å². The molecular weight excluding hydrogens is 480 g/mol. The van der Waals surface area contributed by atoms with Crippen molar-refractivity contribution in [3.63, 3.8) is 0 Å². The molecular formula is C27H20N2O8. The van der Waals surface area contributed by atoms with Crippen LogP contribution in [0.2, 0.25) is 0 Å². The van der Waals surface area contributed by atoms with E-state index >= 15 is 0 Å². The maximum Gasteiger partial charge on any atom is 0.235 e. The van der Waals surface area contributed by atoms with E-state index in [2.05, 4.69) is 0 Å². The van der Waals surface area contributed by atoms with Gasteiger partial charge in [-0.05, 0) is 34.9 Å². The molecule has 0 saturated heterocycles. The minimum absolute atomic E-state index is 0.225. The summed E-state index contributed by atoms with van der Waals surface area (Å²) in [4.78, 5) is 64.8. The van der Waals surface area contributed by atoms with Gasteiger partial charge in [0.25, 0.3) is 0 Å². The van der Waals surface area contributed by atoms with Gasteiger partial charge in [-0.2, -0.15) is 5.26 Å². The Hall–Kier alpha value is -4.46. The second-order valence-corrected chi connectivity index (χ2v) is 9.50. The molecule has 2 saturated carbocycles. The molecule has 0 heterocycles. The third-order valence-corrected chi connectivity index (χ3v) is 7.60. The Morgan fingerprint density at radius 2 is 1.76 bits per heavy atom. The standard InChI is InChI=1S/C27H20N2O8/c28-10-12-6-4-11(5-7-12)8-14-13-2-1-3-16(30)18(13)23(33)21-19(14)22(32)15-9-17(31)20(26(29)36)24(34)27(15,37)25(21)35/h1-8,15,19-22,30,32,37H,9H2,(H2,29,36)/t15-,19-,20?,21?,22-,27-/m1/s1. The molecule has 10 heteroatoms. The van der Waals surface area contributed by atoms with Gasteiger partial charge in [-0.1, -0.05) is 30.3 Å². The Morgan fingerprint density at radius 3 is 2.38 bits per heavy atom. The smallest absolute Gasteiger partial charge is 0.235 e. The maximum absolute atomic E-state index is 13.7. The average molecular weight is 500 g/mol. The molecule has 2 unspecified atom stereocenters. The van der Waals surface area contributed by atoms with Crippen LogP contribution in [0.15, 0.2) is 42.5 Å². The van der Waals surface area contributed by atoms with Crippen LogP contribution in [0.3, 0.4) is 0 Å². The predicted octanol–water partition coefficient (Wildman–Crippen LogP) is 0.167. The number of fused-ring (bicyclic) bond motifs is 3. The maximum atomic E-state index is 13.7. The van der Waals surface area contributed by atoms with E-state index in [0.717, 1.165) is 0 Å². The van der Waals surface area contributed by atoms with Gasteiger partial charge in [0.1, 0.15) is 5.75 Å². The van der Waals surface area contributed by atoms with E-state index in [1.807, 2.05) is 6.07 Å². The summed E-state index contributed by atoms with van der Waals surface area (Å²) >= 11 is 0. The van der Waals surface area contributed by atoms with Gasteiger partial charge in [0, 0.05) is 18.3 Å². The third-order valence-electron chi connectivity index (χ3n) is 7.60. The van der Waals surface area contributed by atoms with Crippen molar-refractivity contribution in [2.45, 2.75) is 18.1 Å². The van der Waals surface area contributed by atoms with Crippen molar-refractivity contribution in [3.05, 3.63) is 64.7 Å². The van der Waals surface area contributed by atoms with Crippen LogP contribution in [0.5, 0.6) is 5.75 Å². The fourth-order valence-corrected chi connectivity index (χ4v) is 5.87. The normalized spacial score (nSPS) is 31.8. The molecule has 1 amide bonds. The van der Waals surface area contributed by atoms with Crippen molar-refractivity contribution in [2.24, 2.45) is 29.4 Å². The molecule has 2 fully saturated rings. The third kappa shape index (κ3) is 3.28. The molecule has 0 bridgehead atoms. The molecule has 186 valence electrons.